The van der Waals surface area contributed by atoms with E-state index in [2.05, 4.69) is 4.74 Å². The van der Waals surface area contributed by atoms with Crippen molar-refractivity contribution in [3.05, 3.63) is 126 Å². The fourth-order valence-electron chi connectivity index (χ4n) is 4.21. The van der Waals surface area contributed by atoms with Gasteiger partial charge in [-0.15, -0.1) is 0 Å². The summed E-state index contributed by atoms with van der Waals surface area (Å²) >= 11 is 3.65. The number of hydrogen-bond donors (Lipinski definition) is 1. The van der Waals surface area contributed by atoms with Gasteiger partial charge in [-0.3, -0.25) is 4.55 Å². The average Bonchev–Trinajstić information content (AvgIpc) is 3.03. The van der Waals surface area contributed by atoms with Crippen molar-refractivity contribution in [2.75, 3.05) is 0 Å². The van der Waals surface area contributed by atoms with Gasteiger partial charge in [0.1, 0.15) is 5.75 Å². The molecule has 0 amide bonds. The van der Waals surface area contributed by atoms with Crippen LogP contribution in [-0.4, -0.2) is 32.8 Å². The Bertz CT molecular complexity index is 2160. The van der Waals surface area contributed by atoms with Crippen LogP contribution in [0, 0.1) is 13.8 Å². The van der Waals surface area contributed by atoms with Crippen LogP contribution in [0.25, 0.3) is 0 Å². The molecule has 256 valence electrons. The Morgan fingerprint density at radius 3 is 1.27 bits per heavy atom. The maximum atomic E-state index is 14.4. The highest BCUT2D eigenvalue weighted by molar-refractivity contribution is 8.00. The molecule has 0 aliphatic rings. The van der Waals surface area contributed by atoms with Crippen molar-refractivity contribution < 1.29 is 43.7 Å². The van der Waals surface area contributed by atoms with E-state index in [1.807, 2.05) is 26.0 Å². The number of ether oxygens (including phenoxy) is 1. The smallest absolute Gasteiger partial charge is 0.427 e. The topological polar surface area (TPSA) is 97.7 Å². The van der Waals surface area contributed by atoms with Crippen molar-refractivity contribution >= 4 is 55.2 Å². The van der Waals surface area contributed by atoms with E-state index < -0.39 is 37.1 Å². The monoisotopic (exact) mass is 766 g/mol. The van der Waals surface area contributed by atoms with Crippen molar-refractivity contribution in [1.29, 1.82) is 0 Å². The molecule has 49 heavy (non-hydrogen) atoms. The molecule has 5 aromatic rings. The van der Waals surface area contributed by atoms with Gasteiger partial charge < -0.3 is 4.74 Å². The van der Waals surface area contributed by atoms with E-state index in [1.54, 1.807) is 91.0 Å². The Labute approximate surface area is 294 Å². The van der Waals surface area contributed by atoms with Gasteiger partial charge >= 0.3 is 21.5 Å². The van der Waals surface area contributed by atoms with E-state index in [0.29, 0.717) is 14.7 Å². The largest absolute Gasteiger partial charge is 0.483 e. The predicted molar refractivity (Wildman–Crippen MR) is 182 cm³/mol. The minimum absolute atomic E-state index is 0.165. The van der Waals surface area contributed by atoms with Gasteiger partial charge in [0.2, 0.25) is 9.84 Å². The third-order valence-corrected chi connectivity index (χ3v) is 12.4. The molecule has 0 saturated carbocycles. The van der Waals surface area contributed by atoms with Crippen LogP contribution in [0.5, 0.6) is 5.75 Å². The number of hydrogen-bond acceptors (Lipinski definition) is 8. The van der Waals surface area contributed by atoms with E-state index in [4.69, 9.17) is 4.55 Å². The number of benzene rings is 5. The van der Waals surface area contributed by atoms with Gasteiger partial charge in [0.05, 0.1) is 9.79 Å². The van der Waals surface area contributed by atoms with E-state index in [9.17, 15) is 34.4 Å². The lowest BCUT2D eigenvalue weighted by molar-refractivity contribution is -0.274. The first-order chi connectivity index (χ1) is 22.9. The zero-order valence-electron chi connectivity index (χ0n) is 25.5. The SMILES string of the molecule is Cc1ccc(Sc2cc(OC(F)(F)C(F)(F)S(=O)(=O)O)cc(Sc3ccc(Sc4ccc(S(=O)(=O)c5ccc(C)cc5)cc4)cc3)c2)cc1. The van der Waals surface area contributed by atoms with Gasteiger partial charge in [0, 0.05) is 29.4 Å². The third-order valence-electron chi connectivity index (χ3n) is 6.78. The van der Waals surface area contributed by atoms with E-state index in [1.165, 1.54) is 11.8 Å². The van der Waals surface area contributed by atoms with E-state index in [0.717, 1.165) is 61.5 Å². The normalized spacial score (nSPS) is 12.6. The predicted octanol–water partition coefficient (Wildman–Crippen LogP) is 10.0. The van der Waals surface area contributed by atoms with Crippen LogP contribution in [0.1, 0.15) is 11.1 Å². The zero-order valence-corrected chi connectivity index (χ0v) is 29.6. The van der Waals surface area contributed by atoms with Crippen molar-refractivity contribution in [2.24, 2.45) is 0 Å². The van der Waals surface area contributed by atoms with Crippen LogP contribution in [0.2, 0.25) is 0 Å². The highest BCUT2D eigenvalue weighted by Crippen LogP contribution is 2.43. The maximum absolute atomic E-state index is 14.4. The minimum Gasteiger partial charge on any atom is -0.427 e. The summed E-state index contributed by atoms with van der Waals surface area (Å²) in [5.41, 5.74) is 1.93. The fourth-order valence-corrected chi connectivity index (χ4v) is 8.52. The summed E-state index contributed by atoms with van der Waals surface area (Å²) in [6, 6.07) is 31.2. The number of aryl methyl sites for hydroxylation is 2. The average molecular weight is 767 g/mol. The molecule has 0 aromatic heterocycles. The second kappa shape index (κ2) is 14.4. The Morgan fingerprint density at radius 1 is 0.531 bits per heavy atom. The van der Waals surface area contributed by atoms with Crippen molar-refractivity contribution in [3.63, 3.8) is 0 Å². The van der Waals surface area contributed by atoms with Crippen molar-refractivity contribution in [3.8, 4) is 5.75 Å². The molecule has 15 heteroatoms. The standard InChI is InChI=1S/C34H26F4O6S5/c1-22-3-7-25(8-4-22)46-29-19-24(44-33(35,36)34(37,38)49(41,42)43)20-30(21-29)47-27-11-9-26(10-12-27)45-28-13-17-32(18-14-28)48(39,40)31-15-5-23(2)6-16-31/h3-21H,1-2H3,(H,41,42,43). The maximum Gasteiger partial charge on any atom is 0.483 e. The minimum atomic E-state index is -6.50. The first-order valence-electron chi connectivity index (χ1n) is 14.1. The summed E-state index contributed by atoms with van der Waals surface area (Å²) in [5.74, 6) is -0.743. The third kappa shape index (κ3) is 8.83. The first-order valence-corrected chi connectivity index (χ1v) is 19.5. The zero-order chi connectivity index (χ0) is 35.6. The van der Waals surface area contributed by atoms with Gasteiger partial charge in [-0.25, -0.2) is 8.42 Å². The lowest BCUT2D eigenvalue weighted by Gasteiger charge is -2.24. The summed E-state index contributed by atoms with van der Waals surface area (Å²) in [7, 11) is -10.2. The van der Waals surface area contributed by atoms with Crippen molar-refractivity contribution in [2.45, 2.75) is 64.4 Å². The Balaban J connectivity index is 1.34. The molecule has 1 N–H and O–H groups in total. The Kier molecular flexibility index (Phi) is 10.8. The Morgan fingerprint density at radius 2 is 0.857 bits per heavy atom. The molecule has 0 unspecified atom stereocenters. The molecule has 0 fully saturated rings. The molecule has 0 radical (unpaired) electrons. The molecule has 0 saturated heterocycles. The molecule has 0 aliphatic heterocycles. The summed E-state index contributed by atoms with van der Waals surface area (Å²) in [6.07, 6.45) is -5.59. The summed E-state index contributed by atoms with van der Waals surface area (Å²) in [5, 5.41) is -5.91. The molecule has 0 aliphatic carbocycles. The van der Waals surface area contributed by atoms with Crippen LogP contribution in [0.4, 0.5) is 17.6 Å². The molecule has 0 bridgehead atoms. The highest BCUT2D eigenvalue weighted by Gasteiger charge is 2.69. The van der Waals surface area contributed by atoms with Crippen LogP contribution in [0.15, 0.2) is 154 Å². The number of rotatable bonds is 12. The summed E-state index contributed by atoms with van der Waals surface area (Å²) < 4.78 is 118. The van der Waals surface area contributed by atoms with Crippen molar-refractivity contribution in [1.82, 2.24) is 0 Å². The second-order valence-corrected chi connectivity index (χ2v) is 17.5. The lowest BCUT2D eigenvalue weighted by atomic mass is 10.2. The quantitative estimate of drug-likeness (QED) is 0.0983. The summed E-state index contributed by atoms with van der Waals surface area (Å²) in [6.45, 7) is 3.76. The highest BCUT2D eigenvalue weighted by atomic mass is 32.2. The molecular weight excluding hydrogens is 741 g/mol. The lowest BCUT2D eigenvalue weighted by Crippen LogP contribution is -2.50. The molecule has 5 aromatic carbocycles. The van der Waals surface area contributed by atoms with Crippen LogP contribution in [-0.2, 0) is 20.0 Å². The number of alkyl halides is 4. The van der Waals surface area contributed by atoms with Crippen LogP contribution < -0.4 is 4.74 Å². The molecule has 0 spiro atoms. The molecule has 0 heterocycles. The fraction of sp³-hybridized carbons (Fsp3) is 0.118. The van der Waals surface area contributed by atoms with Gasteiger partial charge in [-0.2, -0.15) is 26.0 Å². The van der Waals surface area contributed by atoms with E-state index >= 15 is 0 Å². The molecular formula is C34H26F4O6S5. The van der Waals surface area contributed by atoms with Gasteiger partial charge in [-0.1, -0.05) is 70.7 Å². The number of halogens is 4. The first kappa shape index (κ1) is 36.8. The van der Waals surface area contributed by atoms with Crippen LogP contribution >= 0.6 is 35.3 Å². The second-order valence-electron chi connectivity index (χ2n) is 10.6. The molecule has 0 atom stereocenters. The molecule has 6 nitrogen and oxygen atoms in total. The van der Waals surface area contributed by atoms with Gasteiger partial charge in [0.15, 0.2) is 0 Å². The number of sulfone groups is 1. The van der Waals surface area contributed by atoms with Gasteiger partial charge in [0.25, 0.3) is 0 Å². The van der Waals surface area contributed by atoms with E-state index in [-0.39, 0.29) is 9.79 Å². The summed E-state index contributed by atoms with van der Waals surface area (Å²) in [4.78, 5) is 4.01. The van der Waals surface area contributed by atoms with Crippen LogP contribution in [0.3, 0.4) is 0 Å². The van der Waals surface area contributed by atoms with Gasteiger partial charge in [-0.05, 0) is 105 Å². The molecule has 5 rings (SSSR count). The Hall–Kier alpha value is -3.47.